The van der Waals surface area contributed by atoms with Crippen molar-refractivity contribution in [3.05, 3.63) is 17.3 Å². The first-order valence-electron chi connectivity index (χ1n) is 6.17. The third-order valence-electron chi connectivity index (χ3n) is 2.98. The van der Waals surface area contributed by atoms with Gasteiger partial charge in [0, 0.05) is 12.6 Å². The molecule has 0 atom stereocenters. The minimum Gasteiger partial charge on any atom is -0.476 e. The lowest BCUT2D eigenvalue weighted by Crippen LogP contribution is -2.28. The molecule has 0 aliphatic carbocycles. The van der Waals surface area contributed by atoms with Crippen LogP contribution in [-0.2, 0) is 0 Å². The van der Waals surface area contributed by atoms with Crippen LogP contribution in [0.3, 0.4) is 0 Å². The maximum absolute atomic E-state index is 5.84. The lowest BCUT2D eigenvalue weighted by molar-refractivity contribution is 0.217. The molecule has 17 heavy (non-hydrogen) atoms. The maximum atomic E-state index is 5.84. The smallest absolute Gasteiger partial charge is 0.213 e. The van der Waals surface area contributed by atoms with Crippen molar-refractivity contribution in [3.63, 3.8) is 0 Å². The summed E-state index contributed by atoms with van der Waals surface area (Å²) in [6.45, 7) is 11.9. The molecule has 0 aliphatic rings. The first-order chi connectivity index (χ1) is 8.08. The maximum Gasteiger partial charge on any atom is 0.213 e. The van der Waals surface area contributed by atoms with Crippen LogP contribution in [-0.4, -0.2) is 36.1 Å². The van der Waals surface area contributed by atoms with Gasteiger partial charge in [0.15, 0.2) is 0 Å². The molecule has 0 spiro atoms. The first kappa shape index (κ1) is 13.8. The Kier molecular flexibility index (Phi) is 5.22. The molecule has 1 heterocycles. The number of likely N-dealkylation sites (N-methyl/N-ethyl adjacent to an activating group) is 1. The van der Waals surface area contributed by atoms with Crippen molar-refractivity contribution >= 4 is 5.69 Å². The summed E-state index contributed by atoms with van der Waals surface area (Å²) in [5, 5.41) is 0. The fourth-order valence-electron chi connectivity index (χ4n) is 1.70. The van der Waals surface area contributed by atoms with E-state index in [9.17, 15) is 0 Å². The topological polar surface area (TPSA) is 51.4 Å². The average molecular weight is 237 g/mol. The summed E-state index contributed by atoms with van der Waals surface area (Å²) in [7, 11) is 0. The van der Waals surface area contributed by atoms with Crippen LogP contribution in [0.25, 0.3) is 0 Å². The van der Waals surface area contributed by atoms with Gasteiger partial charge in [-0.25, -0.2) is 4.98 Å². The number of hydrogen-bond donors (Lipinski definition) is 1. The van der Waals surface area contributed by atoms with Crippen molar-refractivity contribution in [2.75, 3.05) is 32.0 Å². The van der Waals surface area contributed by atoms with E-state index in [0.29, 0.717) is 12.5 Å². The van der Waals surface area contributed by atoms with E-state index in [1.54, 1.807) is 0 Å². The van der Waals surface area contributed by atoms with E-state index in [1.165, 1.54) is 0 Å². The highest BCUT2D eigenvalue weighted by Gasteiger charge is 2.05. The molecule has 2 N–H and O–H groups in total. The third kappa shape index (κ3) is 3.89. The number of aryl methyl sites for hydroxylation is 2. The Morgan fingerprint density at radius 1 is 1.29 bits per heavy atom. The number of ether oxygens (including phenoxy) is 1. The van der Waals surface area contributed by atoms with E-state index in [-0.39, 0.29) is 0 Å². The second-order valence-corrected chi connectivity index (χ2v) is 4.15. The minimum atomic E-state index is 0.664. The van der Waals surface area contributed by atoms with Crippen LogP contribution < -0.4 is 10.5 Å². The van der Waals surface area contributed by atoms with Gasteiger partial charge in [-0.3, -0.25) is 0 Å². The molecule has 1 aromatic rings. The van der Waals surface area contributed by atoms with E-state index in [4.69, 9.17) is 10.5 Å². The first-order valence-corrected chi connectivity index (χ1v) is 6.17. The van der Waals surface area contributed by atoms with Crippen LogP contribution in [0.4, 0.5) is 5.69 Å². The predicted molar refractivity (Wildman–Crippen MR) is 71.4 cm³/mol. The molecule has 0 saturated carbocycles. The van der Waals surface area contributed by atoms with Crippen LogP contribution >= 0.6 is 0 Å². The molecule has 0 aromatic carbocycles. The van der Waals surface area contributed by atoms with E-state index >= 15 is 0 Å². The van der Waals surface area contributed by atoms with E-state index in [0.717, 1.165) is 36.6 Å². The van der Waals surface area contributed by atoms with Crippen LogP contribution in [0.15, 0.2) is 6.07 Å². The predicted octanol–water partition coefficient (Wildman–Crippen LogP) is 2.00. The highest BCUT2D eigenvalue weighted by atomic mass is 16.5. The Labute approximate surface area is 104 Å². The summed E-state index contributed by atoms with van der Waals surface area (Å²) in [6.07, 6.45) is 0. The lowest BCUT2D eigenvalue weighted by Gasteiger charge is -2.18. The van der Waals surface area contributed by atoms with Crippen molar-refractivity contribution in [2.24, 2.45) is 0 Å². The highest BCUT2D eigenvalue weighted by molar-refractivity contribution is 5.51. The Morgan fingerprint density at radius 2 is 1.94 bits per heavy atom. The van der Waals surface area contributed by atoms with Crippen molar-refractivity contribution in [3.8, 4) is 5.88 Å². The molecule has 0 aliphatic heterocycles. The standard InChI is InChI=1S/C13H23N3O/c1-5-16(6-2)7-8-17-12-9-10(3)13(14)11(4)15-12/h9H,5-8,14H2,1-4H3. The number of nitrogens with two attached hydrogens (primary N) is 1. The molecule has 4 heteroatoms. The molecule has 0 amide bonds. The van der Waals surface area contributed by atoms with Gasteiger partial charge in [0.2, 0.25) is 5.88 Å². The molecule has 1 rings (SSSR count). The van der Waals surface area contributed by atoms with Gasteiger partial charge in [0.05, 0.1) is 11.4 Å². The van der Waals surface area contributed by atoms with Crippen molar-refractivity contribution in [1.29, 1.82) is 0 Å². The van der Waals surface area contributed by atoms with Gasteiger partial charge < -0.3 is 15.4 Å². The SMILES string of the molecule is CCN(CC)CCOc1cc(C)c(N)c(C)n1. The summed E-state index contributed by atoms with van der Waals surface area (Å²) in [5.41, 5.74) is 8.45. The normalized spacial score (nSPS) is 10.9. The molecule has 4 nitrogen and oxygen atoms in total. The fourth-order valence-corrected chi connectivity index (χ4v) is 1.70. The lowest BCUT2D eigenvalue weighted by atomic mass is 10.2. The molecule has 0 radical (unpaired) electrons. The molecular formula is C13H23N3O. The molecule has 96 valence electrons. The Balaban J connectivity index is 2.52. The van der Waals surface area contributed by atoms with Crippen molar-refractivity contribution < 1.29 is 4.74 Å². The summed E-state index contributed by atoms with van der Waals surface area (Å²) < 4.78 is 5.65. The number of nitrogen functional groups attached to an aromatic ring is 1. The zero-order valence-electron chi connectivity index (χ0n) is 11.3. The summed E-state index contributed by atoms with van der Waals surface area (Å²) in [6, 6.07) is 1.89. The third-order valence-corrected chi connectivity index (χ3v) is 2.98. The second kappa shape index (κ2) is 6.45. The van der Waals surface area contributed by atoms with Gasteiger partial charge in [0.25, 0.3) is 0 Å². The molecular weight excluding hydrogens is 214 g/mol. The Morgan fingerprint density at radius 3 is 2.47 bits per heavy atom. The van der Waals surface area contributed by atoms with Gasteiger partial charge in [-0.2, -0.15) is 0 Å². The molecule has 0 fully saturated rings. The minimum absolute atomic E-state index is 0.664. The quantitative estimate of drug-likeness (QED) is 0.822. The van der Waals surface area contributed by atoms with Gasteiger partial charge in [-0.05, 0) is 32.5 Å². The van der Waals surface area contributed by atoms with E-state index < -0.39 is 0 Å². The van der Waals surface area contributed by atoms with Gasteiger partial charge in [-0.15, -0.1) is 0 Å². The van der Waals surface area contributed by atoms with Gasteiger partial charge in [-0.1, -0.05) is 13.8 Å². The monoisotopic (exact) mass is 237 g/mol. The Hall–Kier alpha value is -1.29. The number of nitrogens with zero attached hydrogens (tertiary/aromatic N) is 2. The largest absolute Gasteiger partial charge is 0.476 e. The highest BCUT2D eigenvalue weighted by Crippen LogP contribution is 2.19. The van der Waals surface area contributed by atoms with Crippen LogP contribution in [0.2, 0.25) is 0 Å². The molecule has 0 bridgehead atoms. The van der Waals surface area contributed by atoms with Crippen LogP contribution in [0.1, 0.15) is 25.1 Å². The van der Waals surface area contributed by atoms with Crippen molar-refractivity contribution in [1.82, 2.24) is 9.88 Å². The number of anilines is 1. The van der Waals surface area contributed by atoms with Crippen molar-refractivity contribution in [2.45, 2.75) is 27.7 Å². The van der Waals surface area contributed by atoms with Crippen LogP contribution in [0, 0.1) is 13.8 Å². The molecule has 0 unspecified atom stereocenters. The zero-order chi connectivity index (χ0) is 12.8. The van der Waals surface area contributed by atoms with E-state index in [2.05, 4.69) is 23.7 Å². The summed E-state index contributed by atoms with van der Waals surface area (Å²) in [4.78, 5) is 6.63. The van der Waals surface area contributed by atoms with Gasteiger partial charge in [0.1, 0.15) is 6.61 Å². The number of hydrogen-bond acceptors (Lipinski definition) is 4. The van der Waals surface area contributed by atoms with Crippen LogP contribution in [0.5, 0.6) is 5.88 Å². The molecule has 0 saturated heterocycles. The van der Waals surface area contributed by atoms with Gasteiger partial charge >= 0.3 is 0 Å². The zero-order valence-corrected chi connectivity index (χ0v) is 11.3. The second-order valence-electron chi connectivity index (χ2n) is 4.15. The Bertz CT molecular complexity index is 339. The van der Waals surface area contributed by atoms with E-state index in [1.807, 2.05) is 19.9 Å². The number of pyridine rings is 1. The fraction of sp³-hybridized carbons (Fsp3) is 0.615. The summed E-state index contributed by atoms with van der Waals surface area (Å²) in [5.74, 6) is 0.668. The number of aromatic nitrogens is 1. The number of rotatable bonds is 6. The molecule has 1 aromatic heterocycles. The average Bonchev–Trinajstić information content (AvgIpc) is 2.31. The summed E-state index contributed by atoms with van der Waals surface area (Å²) >= 11 is 0.